The molecule has 0 aromatic heterocycles. The number of phenolic OH excluding ortho intramolecular Hbond substituents is 2. The largest absolute Gasteiger partial charge is 0.508 e. The molecule has 4 heteroatoms. The Hall–Kier alpha value is -3.01. The van der Waals surface area contributed by atoms with E-state index in [0.717, 1.165) is 10.8 Å². The van der Waals surface area contributed by atoms with Crippen LogP contribution in [0.2, 0.25) is 0 Å². The first-order valence-electron chi connectivity index (χ1n) is 6.46. The van der Waals surface area contributed by atoms with Crippen molar-refractivity contribution >= 4 is 22.4 Å². The molecule has 3 N–H and O–H groups in total. The van der Waals surface area contributed by atoms with Crippen LogP contribution in [0.25, 0.3) is 10.8 Å². The lowest BCUT2D eigenvalue weighted by molar-refractivity contribution is 0.102. The Kier molecular flexibility index (Phi) is 3.20. The lowest BCUT2D eigenvalue weighted by Crippen LogP contribution is -2.12. The Bertz CT molecular complexity index is 822. The van der Waals surface area contributed by atoms with Gasteiger partial charge >= 0.3 is 0 Å². The minimum Gasteiger partial charge on any atom is -0.508 e. The smallest absolute Gasteiger partial charge is 0.259 e. The highest BCUT2D eigenvalue weighted by Gasteiger charge is 2.13. The molecule has 3 aromatic rings. The van der Waals surface area contributed by atoms with Gasteiger partial charge in [0.15, 0.2) is 0 Å². The van der Waals surface area contributed by atoms with Gasteiger partial charge < -0.3 is 15.5 Å². The minimum absolute atomic E-state index is 0.0305. The first-order valence-corrected chi connectivity index (χ1v) is 6.46. The molecule has 0 saturated heterocycles. The van der Waals surface area contributed by atoms with Crippen molar-refractivity contribution in [2.75, 3.05) is 5.32 Å². The molecular formula is C17H13NO3. The van der Waals surface area contributed by atoms with Gasteiger partial charge in [0.1, 0.15) is 11.5 Å². The van der Waals surface area contributed by atoms with Crippen LogP contribution in [-0.4, -0.2) is 16.1 Å². The number of amides is 1. The second-order valence-corrected chi connectivity index (χ2v) is 4.68. The molecule has 0 spiro atoms. The van der Waals surface area contributed by atoms with Crippen molar-refractivity contribution in [3.8, 4) is 11.5 Å². The molecule has 0 radical (unpaired) electrons. The van der Waals surface area contributed by atoms with Gasteiger partial charge in [0.25, 0.3) is 5.91 Å². The molecule has 0 atom stereocenters. The van der Waals surface area contributed by atoms with Crippen LogP contribution in [0.4, 0.5) is 5.69 Å². The fraction of sp³-hybridized carbons (Fsp3) is 0. The summed E-state index contributed by atoms with van der Waals surface area (Å²) in [4.78, 5) is 12.2. The summed E-state index contributed by atoms with van der Waals surface area (Å²) in [7, 11) is 0. The Balaban J connectivity index is 1.99. The van der Waals surface area contributed by atoms with Crippen LogP contribution in [-0.2, 0) is 0 Å². The second kappa shape index (κ2) is 5.17. The molecule has 0 heterocycles. The van der Waals surface area contributed by atoms with E-state index in [0.29, 0.717) is 5.69 Å². The van der Waals surface area contributed by atoms with E-state index >= 15 is 0 Å². The molecule has 0 bridgehead atoms. The summed E-state index contributed by atoms with van der Waals surface area (Å²) in [6.07, 6.45) is 0. The SMILES string of the molecule is O=C(Nc1cccc2ccccc12)c1cc(O)ccc1O. The van der Waals surface area contributed by atoms with Crippen molar-refractivity contribution in [2.45, 2.75) is 0 Å². The first-order chi connectivity index (χ1) is 10.1. The van der Waals surface area contributed by atoms with Gasteiger partial charge in [-0.25, -0.2) is 0 Å². The Morgan fingerprint density at radius 3 is 2.52 bits per heavy atom. The average Bonchev–Trinajstić information content (AvgIpc) is 2.50. The number of anilines is 1. The second-order valence-electron chi connectivity index (χ2n) is 4.68. The van der Waals surface area contributed by atoms with Crippen LogP contribution in [0.3, 0.4) is 0 Å². The van der Waals surface area contributed by atoms with Crippen molar-refractivity contribution in [2.24, 2.45) is 0 Å². The third kappa shape index (κ3) is 2.51. The highest BCUT2D eigenvalue weighted by atomic mass is 16.3. The number of hydrogen-bond donors (Lipinski definition) is 3. The highest BCUT2D eigenvalue weighted by Crippen LogP contribution is 2.26. The predicted molar refractivity (Wildman–Crippen MR) is 81.7 cm³/mol. The summed E-state index contributed by atoms with van der Waals surface area (Å²) in [5, 5.41) is 23.8. The molecule has 0 aliphatic carbocycles. The average molecular weight is 279 g/mol. The summed E-state index contributed by atoms with van der Waals surface area (Å²) in [6, 6.07) is 17.1. The van der Waals surface area contributed by atoms with Crippen LogP contribution in [0.5, 0.6) is 11.5 Å². The van der Waals surface area contributed by atoms with E-state index in [9.17, 15) is 15.0 Å². The number of hydrogen-bond acceptors (Lipinski definition) is 3. The van der Waals surface area contributed by atoms with Gasteiger partial charge in [-0.1, -0.05) is 36.4 Å². The normalized spacial score (nSPS) is 10.5. The standard InChI is InChI=1S/C17H13NO3/c19-12-8-9-16(20)14(10-12)17(21)18-15-7-3-5-11-4-1-2-6-13(11)15/h1-10,19-20H,(H,18,21). The van der Waals surface area contributed by atoms with Gasteiger partial charge in [-0.15, -0.1) is 0 Å². The summed E-state index contributed by atoms with van der Waals surface area (Å²) in [6.45, 7) is 0. The topological polar surface area (TPSA) is 69.6 Å². The van der Waals surface area contributed by atoms with Crippen molar-refractivity contribution in [3.63, 3.8) is 0 Å². The zero-order valence-electron chi connectivity index (χ0n) is 11.1. The summed E-state index contributed by atoms with van der Waals surface area (Å²) in [5.74, 6) is -0.721. The third-order valence-electron chi connectivity index (χ3n) is 3.26. The number of carbonyl (C=O) groups is 1. The molecular weight excluding hydrogens is 266 g/mol. The van der Waals surface area contributed by atoms with Crippen molar-refractivity contribution in [1.29, 1.82) is 0 Å². The molecule has 0 aliphatic heterocycles. The zero-order chi connectivity index (χ0) is 14.8. The number of benzene rings is 3. The lowest BCUT2D eigenvalue weighted by Gasteiger charge is -2.10. The fourth-order valence-electron chi connectivity index (χ4n) is 2.23. The van der Waals surface area contributed by atoms with E-state index in [1.165, 1.54) is 18.2 Å². The quantitative estimate of drug-likeness (QED) is 0.629. The monoisotopic (exact) mass is 279 g/mol. The Labute approximate surface area is 121 Å². The van der Waals surface area contributed by atoms with Crippen molar-refractivity contribution in [1.82, 2.24) is 0 Å². The van der Waals surface area contributed by atoms with E-state index in [1.54, 1.807) is 6.07 Å². The number of aromatic hydroxyl groups is 2. The molecule has 0 unspecified atom stereocenters. The molecule has 0 aliphatic rings. The molecule has 21 heavy (non-hydrogen) atoms. The third-order valence-corrected chi connectivity index (χ3v) is 3.26. The van der Waals surface area contributed by atoms with Crippen LogP contribution in [0.1, 0.15) is 10.4 Å². The maximum absolute atomic E-state index is 12.2. The molecule has 0 saturated carbocycles. The molecule has 4 nitrogen and oxygen atoms in total. The van der Waals surface area contributed by atoms with Crippen LogP contribution < -0.4 is 5.32 Å². The van der Waals surface area contributed by atoms with E-state index in [4.69, 9.17) is 0 Å². The maximum Gasteiger partial charge on any atom is 0.259 e. The van der Waals surface area contributed by atoms with Crippen molar-refractivity contribution in [3.05, 3.63) is 66.2 Å². The molecule has 104 valence electrons. The molecule has 1 amide bonds. The molecule has 3 aromatic carbocycles. The molecule has 0 fully saturated rings. The number of rotatable bonds is 2. The summed E-state index contributed by atoms with van der Waals surface area (Å²) in [5.41, 5.74) is 0.684. The highest BCUT2D eigenvalue weighted by molar-refractivity contribution is 6.10. The minimum atomic E-state index is -0.472. The van der Waals surface area contributed by atoms with E-state index in [-0.39, 0.29) is 17.1 Å². The Morgan fingerprint density at radius 1 is 0.905 bits per heavy atom. The van der Waals surface area contributed by atoms with E-state index < -0.39 is 5.91 Å². The van der Waals surface area contributed by atoms with Gasteiger partial charge in [0, 0.05) is 11.1 Å². The van der Waals surface area contributed by atoms with E-state index in [2.05, 4.69) is 5.32 Å². The predicted octanol–water partition coefficient (Wildman–Crippen LogP) is 3.50. The van der Waals surface area contributed by atoms with Gasteiger partial charge in [0.05, 0.1) is 5.56 Å². The summed E-state index contributed by atoms with van der Waals surface area (Å²) >= 11 is 0. The van der Waals surface area contributed by atoms with Crippen molar-refractivity contribution < 1.29 is 15.0 Å². The maximum atomic E-state index is 12.2. The summed E-state index contributed by atoms with van der Waals surface area (Å²) < 4.78 is 0. The van der Waals surface area contributed by atoms with Crippen LogP contribution in [0.15, 0.2) is 60.7 Å². The lowest BCUT2D eigenvalue weighted by atomic mass is 10.1. The van der Waals surface area contributed by atoms with Crippen LogP contribution in [0, 0.1) is 0 Å². The first kappa shape index (κ1) is 13.0. The van der Waals surface area contributed by atoms with E-state index in [1.807, 2.05) is 36.4 Å². The van der Waals surface area contributed by atoms with Crippen LogP contribution >= 0.6 is 0 Å². The zero-order valence-corrected chi connectivity index (χ0v) is 11.1. The molecule has 3 rings (SSSR count). The number of fused-ring (bicyclic) bond motifs is 1. The van der Waals surface area contributed by atoms with Gasteiger partial charge in [-0.2, -0.15) is 0 Å². The Morgan fingerprint density at radius 2 is 1.67 bits per heavy atom. The van der Waals surface area contributed by atoms with Gasteiger partial charge in [-0.05, 0) is 29.7 Å². The number of nitrogens with one attached hydrogen (secondary N) is 1. The number of carbonyl (C=O) groups excluding carboxylic acids is 1. The number of phenols is 2. The van der Waals surface area contributed by atoms with Gasteiger partial charge in [-0.3, -0.25) is 4.79 Å². The fourth-order valence-corrected chi connectivity index (χ4v) is 2.23. The van der Waals surface area contributed by atoms with Gasteiger partial charge in [0.2, 0.25) is 0 Å².